The van der Waals surface area contributed by atoms with Crippen LogP contribution in [-0.4, -0.2) is 56.3 Å². The molecule has 0 bridgehead atoms. The molecule has 126 valence electrons. The number of rotatable bonds is 4. The Labute approximate surface area is 137 Å². The SMILES string of the molecule is CCCC(=O)N1CCN(S(=O)(=O)c2ccc3c(c2)CCO3)CC1. The first kappa shape index (κ1) is 16.3. The van der Waals surface area contributed by atoms with Crippen LogP contribution >= 0.6 is 0 Å². The van der Waals surface area contributed by atoms with E-state index in [0.29, 0.717) is 44.1 Å². The van der Waals surface area contributed by atoms with E-state index in [1.54, 1.807) is 23.1 Å². The lowest BCUT2D eigenvalue weighted by Gasteiger charge is -2.34. The van der Waals surface area contributed by atoms with E-state index in [0.717, 1.165) is 24.2 Å². The van der Waals surface area contributed by atoms with Gasteiger partial charge in [-0.25, -0.2) is 8.42 Å². The zero-order chi connectivity index (χ0) is 16.4. The van der Waals surface area contributed by atoms with E-state index in [4.69, 9.17) is 4.74 Å². The summed E-state index contributed by atoms with van der Waals surface area (Å²) in [5, 5.41) is 0. The van der Waals surface area contributed by atoms with Gasteiger partial charge in [0.05, 0.1) is 11.5 Å². The molecule has 0 unspecified atom stereocenters. The van der Waals surface area contributed by atoms with E-state index < -0.39 is 10.0 Å². The van der Waals surface area contributed by atoms with Gasteiger partial charge in [0.2, 0.25) is 15.9 Å². The van der Waals surface area contributed by atoms with Crippen molar-refractivity contribution in [2.24, 2.45) is 0 Å². The molecule has 23 heavy (non-hydrogen) atoms. The zero-order valence-electron chi connectivity index (χ0n) is 13.3. The Morgan fingerprint density at radius 2 is 1.96 bits per heavy atom. The number of hydrogen-bond donors (Lipinski definition) is 0. The van der Waals surface area contributed by atoms with E-state index >= 15 is 0 Å². The van der Waals surface area contributed by atoms with E-state index in [9.17, 15) is 13.2 Å². The third kappa shape index (κ3) is 3.21. The molecule has 0 atom stereocenters. The Hall–Kier alpha value is -1.60. The highest BCUT2D eigenvalue weighted by Crippen LogP contribution is 2.29. The van der Waals surface area contributed by atoms with Gasteiger partial charge in [-0.2, -0.15) is 4.31 Å². The lowest BCUT2D eigenvalue weighted by Crippen LogP contribution is -2.50. The molecule has 3 rings (SSSR count). The van der Waals surface area contributed by atoms with Gasteiger partial charge in [-0.1, -0.05) is 6.92 Å². The molecule has 0 N–H and O–H groups in total. The maximum Gasteiger partial charge on any atom is 0.243 e. The van der Waals surface area contributed by atoms with Crippen LogP contribution in [0, 0.1) is 0 Å². The number of carbonyl (C=O) groups excluding carboxylic acids is 1. The Morgan fingerprint density at radius 1 is 1.22 bits per heavy atom. The highest BCUT2D eigenvalue weighted by atomic mass is 32.2. The van der Waals surface area contributed by atoms with Gasteiger partial charge in [0.15, 0.2) is 0 Å². The summed E-state index contributed by atoms with van der Waals surface area (Å²) in [6, 6.07) is 5.05. The molecule has 7 heteroatoms. The maximum atomic E-state index is 12.8. The highest BCUT2D eigenvalue weighted by Gasteiger charge is 2.30. The van der Waals surface area contributed by atoms with Crippen LogP contribution in [0.25, 0.3) is 0 Å². The third-order valence-electron chi connectivity index (χ3n) is 4.35. The number of piperazine rings is 1. The van der Waals surface area contributed by atoms with Crippen molar-refractivity contribution in [1.82, 2.24) is 9.21 Å². The predicted molar refractivity (Wildman–Crippen MR) is 85.9 cm³/mol. The fourth-order valence-corrected chi connectivity index (χ4v) is 4.50. The monoisotopic (exact) mass is 338 g/mol. The molecule has 0 radical (unpaired) electrons. The van der Waals surface area contributed by atoms with Gasteiger partial charge in [0, 0.05) is 39.0 Å². The summed E-state index contributed by atoms with van der Waals surface area (Å²) in [5.74, 6) is 0.887. The average molecular weight is 338 g/mol. The smallest absolute Gasteiger partial charge is 0.243 e. The molecule has 1 aromatic rings. The summed E-state index contributed by atoms with van der Waals surface area (Å²) >= 11 is 0. The van der Waals surface area contributed by atoms with Crippen molar-refractivity contribution in [2.75, 3.05) is 32.8 Å². The van der Waals surface area contributed by atoms with Gasteiger partial charge in [0.25, 0.3) is 0 Å². The fraction of sp³-hybridized carbons (Fsp3) is 0.562. The number of benzene rings is 1. The molecule has 1 amide bonds. The molecule has 0 spiro atoms. The van der Waals surface area contributed by atoms with Crippen molar-refractivity contribution in [2.45, 2.75) is 31.1 Å². The number of sulfonamides is 1. The lowest BCUT2D eigenvalue weighted by atomic mass is 10.2. The molecular weight excluding hydrogens is 316 g/mol. The van der Waals surface area contributed by atoms with E-state index in [1.165, 1.54) is 4.31 Å². The number of fused-ring (bicyclic) bond motifs is 1. The van der Waals surface area contributed by atoms with Gasteiger partial charge in [-0.05, 0) is 30.2 Å². The summed E-state index contributed by atoms with van der Waals surface area (Å²) < 4.78 is 32.4. The van der Waals surface area contributed by atoms with Crippen LogP contribution in [0.4, 0.5) is 0 Å². The van der Waals surface area contributed by atoms with Gasteiger partial charge in [-0.3, -0.25) is 4.79 Å². The van der Waals surface area contributed by atoms with Crippen molar-refractivity contribution in [1.29, 1.82) is 0 Å². The second-order valence-corrected chi connectivity index (χ2v) is 7.84. The van der Waals surface area contributed by atoms with Gasteiger partial charge >= 0.3 is 0 Å². The quantitative estimate of drug-likeness (QED) is 0.829. The second-order valence-electron chi connectivity index (χ2n) is 5.90. The minimum atomic E-state index is -3.51. The fourth-order valence-electron chi connectivity index (χ4n) is 3.02. The number of carbonyl (C=O) groups is 1. The number of ether oxygens (including phenoxy) is 1. The van der Waals surface area contributed by atoms with Gasteiger partial charge in [-0.15, -0.1) is 0 Å². The summed E-state index contributed by atoms with van der Waals surface area (Å²) in [6.45, 7) is 4.21. The van der Waals surface area contributed by atoms with Crippen molar-refractivity contribution in [3.8, 4) is 5.75 Å². The van der Waals surface area contributed by atoms with Crippen molar-refractivity contribution >= 4 is 15.9 Å². The average Bonchev–Trinajstić information content (AvgIpc) is 3.03. The molecule has 2 aliphatic heterocycles. The topological polar surface area (TPSA) is 66.9 Å². The first-order valence-corrected chi connectivity index (χ1v) is 9.50. The van der Waals surface area contributed by atoms with E-state index in [1.807, 2.05) is 6.92 Å². The minimum Gasteiger partial charge on any atom is -0.493 e. The summed E-state index contributed by atoms with van der Waals surface area (Å²) in [7, 11) is -3.51. The molecule has 0 aromatic heterocycles. The predicted octanol–water partition coefficient (Wildman–Crippen LogP) is 1.25. The summed E-state index contributed by atoms with van der Waals surface area (Å²) in [5.41, 5.74) is 0.947. The van der Waals surface area contributed by atoms with Crippen molar-refractivity contribution in [3.63, 3.8) is 0 Å². The van der Waals surface area contributed by atoms with Crippen LogP contribution < -0.4 is 4.74 Å². The van der Waals surface area contributed by atoms with E-state index in [-0.39, 0.29) is 5.91 Å². The van der Waals surface area contributed by atoms with Crippen LogP contribution in [0.1, 0.15) is 25.3 Å². The first-order valence-electron chi connectivity index (χ1n) is 8.06. The second kappa shape index (κ2) is 6.49. The Balaban J connectivity index is 1.71. The number of nitrogens with zero attached hydrogens (tertiary/aromatic N) is 2. The van der Waals surface area contributed by atoms with Crippen LogP contribution in [0.15, 0.2) is 23.1 Å². The summed E-state index contributed by atoms with van der Waals surface area (Å²) in [4.78, 5) is 14.0. The first-order chi connectivity index (χ1) is 11.0. The molecule has 2 heterocycles. The Kier molecular flexibility index (Phi) is 4.59. The molecule has 1 aromatic carbocycles. The van der Waals surface area contributed by atoms with Crippen LogP contribution in [0.5, 0.6) is 5.75 Å². The van der Waals surface area contributed by atoms with Crippen molar-refractivity contribution < 1.29 is 17.9 Å². The molecule has 1 saturated heterocycles. The zero-order valence-corrected chi connectivity index (χ0v) is 14.1. The molecule has 1 fully saturated rings. The normalized spacial score (nSPS) is 18.6. The number of amides is 1. The maximum absolute atomic E-state index is 12.8. The van der Waals surface area contributed by atoms with E-state index in [2.05, 4.69) is 0 Å². The van der Waals surface area contributed by atoms with Gasteiger partial charge < -0.3 is 9.64 Å². The number of hydrogen-bond acceptors (Lipinski definition) is 4. The standard InChI is InChI=1S/C16H22N2O4S/c1-2-3-16(19)17-7-9-18(10-8-17)23(20,21)14-4-5-15-13(12-14)6-11-22-15/h4-5,12H,2-3,6-11H2,1H3. The molecule has 2 aliphatic rings. The third-order valence-corrected chi connectivity index (χ3v) is 6.25. The molecule has 0 aliphatic carbocycles. The van der Waals surface area contributed by atoms with Crippen LogP contribution in [-0.2, 0) is 21.2 Å². The highest BCUT2D eigenvalue weighted by molar-refractivity contribution is 7.89. The van der Waals surface area contributed by atoms with Gasteiger partial charge in [0.1, 0.15) is 5.75 Å². The summed E-state index contributed by atoms with van der Waals surface area (Å²) in [6.07, 6.45) is 2.09. The van der Waals surface area contributed by atoms with Crippen LogP contribution in [0.2, 0.25) is 0 Å². The molecular formula is C16H22N2O4S. The molecule has 6 nitrogen and oxygen atoms in total. The Bertz CT molecular complexity index is 694. The largest absolute Gasteiger partial charge is 0.493 e. The van der Waals surface area contributed by atoms with Crippen LogP contribution in [0.3, 0.4) is 0 Å². The molecule has 0 saturated carbocycles. The Morgan fingerprint density at radius 3 is 2.65 bits per heavy atom. The minimum absolute atomic E-state index is 0.110. The lowest BCUT2D eigenvalue weighted by molar-refractivity contribution is -0.132. The van der Waals surface area contributed by atoms with Crippen molar-refractivity contribution in [3.05, 3.63) is 23.8 Å².